The van der Waals surface area contributed by atoms with Gasteiger partial charge >= 0.3 is 5.97 Å². The van der Waals surface area contributed by atoms with Crippen molar-refractivity contribution in [2.75, 3.05) is 6.54 Å². The van der Waals surface area contributed by atoms with Crippen LogP contribution >= 0.6 is 0 Å². The van der Waals surface area contributed by atoms with Crippen LogP contribution in [0.15, 0.2) is 12.7 Å². The summed E-state index contributed by atoms with van der Waals surface area (Å²) in [6.45, 7) is 8.55. The predicted molar refractivity (Wildman–Crippen MR) is 67.5 cm³/mol. The number of carboxylic acids is 1. The van der Waals surface area contributed by atoms with Crippen molar-refractivity contribution in [3.63, 3.8) is 0 Å². The standard InChI is InChI=1S/C13H25NO2/c1-4-5-6-7-8-9-14-12(13(15)16)10-11(2)3/h4,11-12,14H,1,5-10H2,2-3H3,(H,15,16). The molecule has 1 atom stereocenters. The lowest BCUT2D eigenvalue weighted by molar-refractivity contribution is -0.139. The summed E-state index contributed by atoms with van der Waals surface area (Å²) in [5, 5.41) is 12.1. The Morgan fingerprint density at radius 1 is 1.38 bits per heavy atom. The minimum atomic E-state index is -0.736. The van der Waals surface area contributed by atoms with Gasteiger partial charge in [-0.3, -0.25) is 4.79 Å². The molecule has 16 heavy (non-hydrogen) atoms. The van der Waals surface area contributed by atoms with Crippen molar-refractivity contribution in [2.45, 2.75) is 52.0 Å². The highest BCUT2D eigenvalue weighted by Crippen LogP contribution is 2.05. The second-order valence-corrected chi connectivity index (χ2v) is 4.61. The molecule has 0 heterocycles. The third-order valence-corrected chi connectivity index (χ3v) is 2.48. The molecule has 0 amide bonds. The Balaban J connectivity index is 3.60. The average Bonchev–Trinajstić information content (AvgIpc) is 2.20. The van der Waals surface area contributed by atoms with Gasteiger partial charge in [0.2, 0.25) is 0 Å². The van der Waals surface area contributed by atoms with Crippen LogP contribution in [0, 0.1) is 5.92 Å². The van der Waals surface area contributed by atoms with E-state index in [1.165, 1.54) is 0 Å². The summed E-state index contributed by atoms with van der Waals surface area (Å²) < 4.78 is 0. The highest BCUT2D eigenvalue weighted by molar-refractivity contribution is 5.73. The maximum atomic E-state index is 10.9. The summed E-state index contributed by atoms with van der Waals surface area (Å²) in [4.78, 5) is 10.9. The Labute approximate surface area is 98.9 Å². The van der Waals surface area contributed by atoms with Gasteiger partial charge in [0.15, 0.2) is 0 Å². The van der Waals surface area contributed by atoms with E-state index in [1.807, 2.05) is 19.9 Å². The molecule has 0 bridgehead atoms. The molecule has 0 aromatic rings. The summed E-state index contributed by atoms with van der Waals surface area (Å²) in [5.41, 5.74) is 0. The fraction of sp³-hybridized carbons (Fsp3) is 0.769. The number of hydrogen-bond acceptors (Lipinski definition) is 2. The molecule has 1 unspecified atom stereocenters. The SMILES string of the molecule is C=CCCCCCNC(CC(C)C)C(=O)O. The zero-order valence-electron chi connectivity index (χ0n) is 10.5. The Kier molecular flexibility index (Phi) is 8.91. The molecule has 0 rings (SSSR count). The van der Waals surface area contributed by atoms with Crippen molar-refractivity contribution in [1.29, 1.82) is 0 Å². The summed E-state index contributed by atoms with van der Waals surface area (Å²) in [6.07, 6.45) is 6.98. The number of unbranched alkanes of at least 4 members (excludes halogenated alkanes) is 3. The van der Waals surface area contributed by atoms with Crippen LogP contribution in [0.3, 0.4) is 0 Å². The van der Waals surface area contributed by atoms with Crippen molar-refractivity contribution in [3.8, 4) is 0 Å². The fourth-order valence-electron chi connectivity index (χ4n) is 1.61. The molecule has 0 aromatic carbocycles. The first-order valence-corrected chi connectivity index (χ1v) is 6.15. The van der Waals surface area contributed by atoms with E-state index in [1.54, 1.807) is 0 Å². The first-order valence-electron chi connectivity index (χ1n) is 6.15. The van der Waals surface area contributed by atoms with Crippen LogP contribution in [0.5, 0.6) is 0 Å². The molecule has 94 valence electrons. The molecule has 0 aromatic heterocycles. The topological polar surface area (TPSA) is 49.3 Å². The maximum absolute atomic E-state index is 10.9. The Morgan fingerprint density at radius 3 is 2.56 bits per heavy atom. The summed E-state index contributed by atoms with van der Waals surface area (Å²) in [7, 11) is 0. The van der Waals surface area contributed by atoms with Crippen LogP contribution in [-0.2, 0) is 4.79 Å². The zero-order chi connectivity index (χ0) is 12.4. The minimum absolute atomic E-state index is 0.389. The number of nitrogens with one attached hydrogen (secondary N) is 1. The second kappa shape index (κ2) is 9.40. The van der Waals surface area contributed by atoms with Crippen molar-refractivity contribution >= 4 is 5.97 Å². The molecule has 3 heteroatoms. The molecule has 2 N–H and O–H groups in total. The number of carboxylic acid groups (broad SMARTS) is 1. The van der Waals surface area contributed by atoms with E-state index in [9.17, 15) is 4.79 Å². The van der Waals surface area contributed by atoms with E-state index >= 15 is 0 Å². The molecular formula is C13H25NO2. The molecule has 0 aliphatic carbocycles. The number of hydrogen-bond donors (Lipinski definition) is 2. The van der Waals surface area contributed by atoms with E-state index in [0.717, 1.165) is 32.2 Å². The van der Waals surface area contributed by atoms with Crippen molar-refractivity contribution in [1.82, 2.24) is 5.32 Å². The molecule has 0 fully saturated rings. The van der Waals surface area contributed by atoms with Crippen LogP contribution in [0.2, 0.25) is 0 Å². The lowest BCUT2D eigenvalue weighted by atomic mass is 10.0. The molecule has 0 aliphatic heterocycles. The van der Waals surface area contributed by atoms with Crippen LogP contribution in [0.25, 0.3) is 0 Å². The van der Waals surface area contributed by atoms with E-state index < -0.39 is 5.97 Å². The number of rotatable bonds is 10. The summed E-state index contributed by atoms with van der Waals surface area (Å²) >= 11 is 0. The molecule has 3 nitrogen and oxygen atoms in total. The van der Waals surface area contributed by atoms with Crippen molar-refractivity contribution in [2.24, 2.45) is 5.92 Å². The van der Waals surface area contributed by atoms with E-state index in [-0.39, 0.29) is 6.04 Å². The van der Waals surface area contributed by atoms with Gasteiger partial charge in [0, 0.05) is 0 Å². The highest BCUT2D eigenvalue weighted by atomic mass is 16.4. The molecular weight excluding hydrogens is 202 g/mol. The quantitative estimate of drug-likeness (QED) is 0.445. The summed E-state index contributed by atoms with van der Waals surface area (Å²) in [6, 6.07) is -0.389. The smallest absolute Gasteiger partial charge is 0.320 e. The van der Waals surface area contributed by atoms with Gasteiger partial charge in [0.05, 0.1) is 0 Å². The molecule has 0 saturated heterocycles. The average molecular weight is 227 g/mol. The molecule has 0 saturated carbocycles. The predicted octanol–water partition coefficient (Wildman–Crippen LogP) is 2.82. The van der Waals surface area contributed by atoms with E-state index in [4.69, 9.17) is 5.11 Å². The first-order chi connectivity index (χ1) is 7.57. The van der Waals surface area contributed by atoms with Gasteiger partial charge in [-0.25, -0.2) is 0 Å². The van der Waals surface area contributed by atoms with Gasteiger partial charge in [-0.2, -0.15) is 0 Å². The van der Waals surface area contributed by atoms with Crippen LogP contribution < -0.4 is 5.32 Å². The summed E-state index contributed by atoms with van der Waals surface area (Å²) in [5.74, 6) is -0.325. The van der Waals surface area contributed by atoms with Gasteiger partial charge in [0.1, 0.15) is 6.04 Å². The number of allylic oxidation sites excluding steroid dienone is 1. The lowest BCUT2D eigenvalue weighted by Crippen LogP contribution is -2.38. The highest BCUT2D eigenvalue weighted by Gasteiger charge is 2.17. The molecule has 0 aliphatic rings. The minimum Gasteiger partial charge on any atom is -0.480 e. The Bertz CT molecular complexity index is 202. The van der Waals surface area contributed by atoms with Gasteiger partial charge in [-0.1, -0.05) is 26.3 Å². The molecule has 0 radical (unpaired) electrons. The van der Waals surface area contributed by atoms with Crippen LogP contribution in [-0.4, -0.2) is 23.7 Å². The van der Waals surface area contributed by atoms with Gasteiger partial charge < -0.3 is 10.4 Å². The van der Waals surface area contributed by atoms with Gasteiger partial charge in [-0.15, -0.1) is 6.58 Å². The second-order valence-electron chi connectivity index (χ2n) is 4.61. The van der Waals surface area contributed by atoms with Gasteiger partial charge in [0.25, 0.3) is 0 Å². The van der Waals surface area contributed by atoms with E-state index in [2.05, 4.69) is 11.9 Å². The zero-order valence-corrected chi connectivity index (χ0v) is 10.5. The Morgan fingerprint density at radius 2 is 2.06 bits per heavy atom. The third kappa shape index (κ3) is 8.48. The number of carbonyl (C=O) groups is 1. The molecule has 0 spiro atoms. The van der Waals surface area contributed by atoms with Crippen LogP contribution in [0.1, 0.15) is 46.0 Å². The lowest BCUT2D eigenvalue weighted by Gasteiger charge is -2.16. The van der Waals surface area contributed by atoms with Gasteiger partial charge in [-0.05, 0) is 38.1 Å². The number of aliphatic carboxylic acids is 1. The maximum Gasteiger partial charge on any atom is 0.320 e. The van der Waals surface area contributed by atoms with Crippen molar-refractivity contribution in [3.05, 3.63) is 12.7 Å². The monoisotopic (exact) mass is 227 g/mol. The third-order valence-electron chi connectivity index (χ3n) is 2.48. The van der Waals surface area contributed by atoms with E-state index in [0.29, 0.717) is 12.3 Å². The fourth-order valence-corrected chi connectivity index (χ4v) is 1.61. The first kappa shape index (κ1) is 15.2. The van der Waals surface area contributed by atoms with Crippen LogP contribution in [0.4, 0.5) is 0 Å². The largest absolute Gasteiger partial charge is 0.480 e. The van der Waals surface area contributed by atoms with Crippen molar-refractivity contribution < 1.29 is 9.90 Å². The Hall–Kier alpha value is -0.830. The normalized spacial score (nSPS) is 12.7.